The van der Waals surface area contributed by atoms with E-state index < -0.39 is 5.97 Å². The molecule has 1 aliphatic heterocycles. The van der Waals surface area contributed by atoms with Crippen LogP contribution in [0.2, 0.25) is 0 Å². The second kappa shape index (κ2) is 5.05. The number of imide groups is 1. The Morgan fingerprint density at radius 3 is 2.32 bits per heavy atom. The second-order valence-corrected chi connectivity index (χ2v) is 5.34. The summed E-state index contributed by atoms with van der Waals surface area (Å²) in [5.41, 5.74) is 1.85. The van der Waals surface area contributed by atoms with Gasteiger partial charge in [-0.1, -0.05) is 0 Å². The Kier molecular flexibility index (Phi) is 3.61. The number of anilines is 1. The van der Waals surface area contributed by atoms with E-state index in [2.05, 4.69) is 0 Å². The lowest BCUT2D eigenvalue weighted by molar-refractivity contribution is -0.124. The Hall–Kier alpha value is -1.82. The molecular weight excluding hydrogens is 266 g/mol. The third kappa shape index (κ3) is 2.49. The molecule has 100 valence electrons. The molecule has 6 heteroatoms. The van der Waals surface area contributed by atoms with Gasteiger partial charge in [0, 0.05) is 0 Å². The van der Waals surface area contributed by atoms with Gasteiger partial charge in [-0.15, -0.1) is 11.8 Å². The molecule has 1 aromatic carbocycles. The average molecular weight is 279 g/mol. The quantitative estimate of drug-likeness (QED) is 0.832. The van der Waals surface area contributed by atoms with Crippen LogP contribution in [0.15, 0.2) is 12.1 Å². The molecule has 1 aromatic rings. The summed E-state index contributed by atoms with van der Waals surface area (Å²) >= 11 is 1.27. The van der Waals surface area contributed by atoms with Crippen molar-refractivity contribution in [2.45, 2.75) is 13.8 Å². The van der Waals surface area contributed by atoms with Gasteiger partial charge in [0.1, 0.15) is 0 Å². The third-order valence-corrected chi connectivity index (χ3v) is 3.99. The Balaban J connectivity index is 2.53. The van der Waals surface area contributed by atoms with Crippen molar-refractivity contribution in [1.29, 1.82) is 0 Å². The highest BCUT2D eigenvalue weighted by Crippen LogP contribution is 2.26. The predicted octanol–water partition coefficient (Wildman–Crippen LogP) is 1.61. The van der Waals surface area contributed by atoms with E-state index in [-0.39, 0.29) is 28.9 Å². The van der Waals surface area contributed by atoms with E-state index in [0.717, 1.165) is 10.5 Å². The molecule has 5 nitrogen and oxygen atoms in total. The lowest BCUT2D eigenvalue weighted by Crippen LogP contribution is -2.43. The summed E-state index contributed by atoms with van der Waals surface area (Å²) < 4.78 is 0. The zero-order valence-electron chi connectivity index (χ0n) is 10.6. The number of amides is 2. The normalized spacial score (nSPS) is 15.8. The second-order valence-electron chi connectivity index (χ2n) is 4.36. The van der Waals surface area contributed by atoms with Crippen molar-refractivity contribution in [3.05, 3.63) is 28.8 Å². The highest BCUT2D eigenvalue weighted by molar-refractivity contribution is 8.00. The van der Waals surface area contributed by atoms with Crippen LogP contribution in [0.25, 0.3) is 0 Å². The molecule has 1 heterocycles. The fourth-order valence-corrected chi connectivity index (χ4v) is 2.68. The van der Waals surface area contributed by atoms with Gasteiger partial charge in [-0.3, -0.25) is 9.59 Å². The van der Waals surface area contributed by atoms with Gasteiger partial charge in [0.15, 0.2) is 0 Å². The van der Waals surface area contributed by atoms with E-state index in [1.165, 1.54) is 17.8 Å². The molecule has 19 heavy (non-hydrogen) atoms. The molecule has 2 amide bonds. The van der Waals surface area contributed by atoms with Crippen LogP contribution in [0.4, 0.5) is 5.69 Å². The average Bonchev–Trinajstić information content (AvgIpc) is 2.32. The highest BCUT2D eigenvalue weighted by atomic mass is 32.2. The molecule has 1 aliphatic rings. The number of aromatic carboxylic acids is 1. The molecule has 0 unspecified atom stereocenters. The molecule has 0 bridgehead atoms. The van der Waals surface area contributed by atoms with Gasteiger partial charge in [0.05, 0.1) is 22.8 Å². The molecule has 0 saturated carbocycles. The summed E-state index contributed by atoms with van der Waals surface area (Å²) in [5, 5.41) is 9.15. The Morgan fingerprint density at radius 2 is 1.79 bits per heavy atom. The van der Waals surface area contributed by atoms with Crippen molar-refractivity contribution in [3.63, 3.8) is 0 Å². The van der Waals surface area contributed by atoms with Crippen LogP contribution in [-0.4, -0.2) is 34.4 Å². The number of carbonyl (C=O) groups is 3. The number of aryl methyl sites for hydroxylation is 1. The smallest absolute Gasteiger partial charge is 0.336 e. The molecule has 0 aliphatic carbocycles. The van der Waals surface area contributed by atoms with Gasteiger partial charge >= 0.3 is 5.97 Å². The predicted molar refractivity (Wildman–Crippen MR) is 72.7 cm³/mol. The summed E-state index contributed by atoms with van der Waals surface area (Å²) in [4.78, 5) is 35.9. The lowest BCUT2D eigenvalue weighted by atomic mass is 10.0. The fourth-order valence-electron chi connectivity index (χ4n) is 1.97. The lowest BCUT2D eigenvalue weighted by Gasteiger charge is -2.25. The molecule has 0 radical (unpaired) electrons. The van der Waals surface area contributed by atoms with Gasteiger partial charge in [0.2, 0.25) is 11.8 Å². The molecule has 1 N–H and O–H groups in total. The van der Waals surface area contributed by atoms with Crippen LogP contribution in [0.3, 0.4) is 0 Å². The first kappa shape index (κ1) is 13.6. The number of rotatable bonds is 2. The Bertz CT molecular complexity index is 566. The van der Waals surface area contributed by atoms with E-state index >= 15 is 0 Å². The monoisotopic (exact) mass is 279 g/mol. The van der Waals surface area contributed by atoms with Crippen LogP contribution in [-0.2, 0) is 9.59 Å². The molecular formula is C13H13NO4S. The van der Waals surface area contributed by atoms with Gasteiger partial charge in [0.25, 0.3) is 0 Å². The largest absolute Gasteiger partial charge is 0.478 e. The van der Waals surface area contributed by atoms with Crippen molar-refractivity contribution in [1.82, 2.24) is 0 Å². The molecule has 0 aromatic heterocycles. The maximum absolute atomic E-state index is 11.8. The van der Waals surface area contributed by atoms with E-state index in [1.807, 2.05) is 0 Å². The molecule has 1 saturated heterocycles. The highest BCUT2D eigenvalue weighted by Gasteiger charge is 2.29. The summed E-state index contributed by atoms with van der Waals surface area (Å²) in [6.07, 6.45) is 0. The van der Waals surface area contributed by atoms with E-state index in [4.69, 9.17) is 5.11 Å². The summed E-state index contributed by atoms with van der Waals surface area (Å²) in [6, 6.07) is 3.06. The minimum Gasteiger partial charge on any atom is -0.478 e. The standard InChI is InChI=1S/C13H13NO4S/c1-7-3-9(4-10(8(7)2)13(17)18)14-11(15)5-19-6-12(14)16/h3-4H,5-6H2,1-2H3,(H,17,18). The van der Waals surface area contributed by atoms with Crippen LogP contribution < -0.4 is 4.90 Å². The van der Waals surface area contributed by atoms with Crippen LogP contribution in [0, 0.1) is 13.8 Å². The number of hydrogen-bond donors (Lipinski definition) is 1. The minimum atomic E-state index is -1.06. The summed E-state index contributed by atoms with van der Waals surface area (Å²) in [7, 11) is 0. The number of hydrogen-bond acceptors (Lipinski definition) is 4. The molecule has 0 spiro atoms. The minimum absolute atomic E-state index is 0.119. The van der Waals surface area contributed by atoms with E-state index in [1.54, 1.807) is 19.9 Å². The first-order valence-electron chi connectivity index (χ1n) is 5.70. The van der Waals surface area contributed by atoms with E-state index in [9.17, 15) is 14.4 Å². The third-order valence-electron chi connectivity index (χ3n) is 3.09. The van der Waals surface area contributed by atoms with Crippen molar-refractivity contribution in [2.24, 2.45) is 0 Å². The van der Waals surface area contributed by atoms with Crippen LogP contribution >= 0.6 is 11.8 Å². The number of nitrogens with zero attached hydrogens (tertiary/aromatic N) is 1. The molecule has 2 rings (SSSR count). The zero-order valence-corrected chi connectivity index (χ0v) is 11.4. The van der Waals surface area contributed by atoms with Crippen LogP contribution in [0.1, 0.15) is 21.5 Å². The van der Waals surface area contributed by atoms with Gasteiger partial charge in [-0.25, -0.2) is 9.69 Å². The van der Waals surface area contributed by atoms with Crippen LogP contribution in [0.5, 0.6) is 0 Å². The fraction of sp³-hybridized carbons (Fsp3) is 0.308. The first-order chi connectivity index (χ1) is 8.91. The van der Waals surface area contributed by atoms with E-state index in [0.29, 0.717) is 11.3 Å². The topological polar surface area (TPSA) is 74.7 Å². The van der Waals surface area contributed by atoms with Crippen molar-refractivity contribution in [2.75, 3.05) is 16.4 Å². The summed E-state index contributed by atoms with van der Waals surface area (Å²) in [5.74, 6) is -1.20. The Labute approximate surface area is 114 Å². The number of benzene rings is 1. The maximum Gasteiger partial charge on any atom is 0.336 e. The Morgan fingerprint density at radius 1 is 1.21 bits per heavy atom. The first-order valence-corrected chi connectivity index (χ1v) is 6.85. The zero-order chi connectivity index (χ0) is 14.2. The van der Waals surface area contributed by atoms with Gasteiger partial charge < -0.3 is 5.11 Å². The number of carbonyl (C=O) groups excluding carboxylic acids is 2. The van der Waals surface area contributed by atoms with Crippen molar-refractivity contribution in [3.8, 4) is 0 Å². The number of carboxylic acids is 1. The van der Waals surface area contributed by atoms with Gasteiger partial charge in [-0.2, -0.15) is 0 Å². The maximum atomic E-state index is 11.8. The van der Waals surface area contributed by atoms with Crippen molar-refractivity contribution < 1.29 is 19.5 Å². The number of carboxylic acid groups (broad SMARTS) is 1. The van der Waals surface area contributed by atoms with Crippen molar-refractivity contribution >= 4 is 35.2 Å². The molecule has 0 atom stereocenters. The molecule has 1 fully saturated rings. The SMILES string of the molecule is Cc1cc(N2C(=O)CSCC2=O)cc(C(=O)O)c1C. The summed E-state index contributed by atoms with van der Waals surface area (Å²) in [6.45, 7) is 3.47. The van der Waals surface area contributed by atoms with Gasteiger partial charge in [-0.05, 0) is 37.1 Å². The number of thioether (sulfide) groups is 1.